The van der Waals surface area contributed by atoms with Crippen molar-refractivity contribution in [2.24, 2.45) is 0 Å². The van der Waals surface area contributed by atoms with Crippen LogP contribution in [-0.4, -0.2) is 25.0 Å². The van der Waals surface area contributed by atoms with Gasteiger partial charge in [0.2, 0.25) is 5.91 Å². The molecule has 2 rings (SSSR count). The second-order valence-electron chi connectivity index (χ2n) is 5.64. The molecular formula is C16H25N3O. The molecule has 4 nitrogen and oxygen atoms in total. The largest absolute Gasteiger partial charge is 0.354 e. The summed E-state index contributed by atoms with van der Waals surface area (Å²) >= 11 is 0. The van der Waals surface area contributed by atoms with Crippen LogP contribution in [0.5, 0.6) is 0 Å². The lowest BCUT2D eigenvalue weighted by atomic mass is 9.99. The quantitative estimate of drug-likeness (QED) is 0.767. The first kappa shape index (κ1) is 15.0. The minimum atomic E-state index is 0.118. The Hall–Kier alpha value is -1.39. The van der Waals surface area contributed by atoms with Crippen molar-refractivity contribution in [3.63, 3.8) is 0 Å². The van der Waals surface area contributed by atoms with Crippen molar-refractivity contribution in [3.8, 4) is 0 Å². The molecule has 1 aromatic rings. The summed E-state index contributed by atoms with van der Waals surface area (Å²) in [6.45, 7) is 6.63. The third kappa shape index (κ3) is 4.32. The highest BCUT2D eigenvalue weighted by Crippen LogP contribution is 2.23. The van der Waals surface area contributed by atoms with Crippen molar-refractivity contribution >= 4 is 5.91 Å². The molecule has 3 N–H and O–H groups in total. The first-order chi connectivity index (χ1) is 9.66. The van der Waals surface area contributed by atoms with Gasteiger partial charge in [-0.15, -0.1) is 0 Å². The van der Waals surface area contributed by atoms with E-state index in [1.165, 1.54) is 11.1 Å². The lowest BCUT2D eigenvalue weighted by molar-refractivity contribution is -0.121. The summed E-state index contributed by atoms with van der Waals surface area (Å²) in [6.07, 6.45) is 1.59. The molecule has 4 heteroatoms. The summed E-state index contributed by atoms with van der Waals surface area (Å²) in [5, 5.41) is 9.88. The van der Waals surface area contributed by atoms with E-state index in [1.807, 2.05) is 13.8 Å². The van der Waals surface area contributed by atoms with Crippen molar-refractivity contribution in [1.82, 2.24) is 16.0 Å². The molecule has 0 saturated carbocycles. The van der Waals surface area contributed by atoms with E-state index in [0.29, 0.717) is 12.5 Å². The fourth-order valence-electron chi connectivity index (χ4n) is 2.63. The average Bonchev–Trinajstić information content (AvgIpc) is 2.61. The Labute approximate surface area is 121 Å². The van der Waals surface area contributed by atoms with E-state index in [2.05, 4.69) is 40.2 Å². The van der Waals surface area contributed by atoms with Crippen LogP contribution in [0.4, 0.5) is 0 Å². The molecular weight excluding hydrogens is 250 g/mol. The maximum Gasteiger partial charge on any atom is 0.221 e. The molecule has 20 heavy (non-hydrogen) atoms. The van der Waals surface area contributed by atoms with Crippen molar-refractivity contribution < 1.29 is 4.79 Å². The molecule has 1 amide bonds. The van der Waals surface area contributed by atoms with Crippen LogP contribution in [0.15, 0.2) is 24.3 Å². The molecule has 0 aliphatic carbocycles. The van der Waals surface area contributed by atoms with E-state index in [9.17, 15) is 4.79 Å². The number of nitrogens with one attached hydrogen (secondary N) is 3. The predicted molar refractivity (Wildman–Crippen MR) is 81.4 cm³/mol. The van der Waals surface area contributed by atoms with Crippen LogP contribution < -0.4 is 16.0 Å². The number of carbonyl (C=O) groups is 1. The maximum atomic E-state index is 11.6. The number of hydrogen-bond donors (Lipinski definition) is 3. The van der Waals surface area contributed by atoms with E-state index >= 15 is 0 Å². The molecule has 1 heterocycles. The van der Waals surface area contributed by atoms with E-state index in [1.54, 1.807) is 0 Å². The van der Waals surface area contributed by atoms with E-state index in [-0.39, 0.29) is 11.9 Å². The lowest BCUT2D eigenvalue weighted by Gasteiger charge is -2.19. The summed E-state index contributed by atoms with van der Waals surface area (Å²) in [5.41, 5.74) is 2.72. The molecule has 110 valence electrons. The van der Waals surface area contributed by atoms with Gasteiger partial charge in [-0.3, -0.25) is 4.79 Å². The van der Waals surface area contributed by atoms with Crippen LogP contribution in [0.3, 0.4) is 0 Å². The number of rotatable bonds is 5. The summed E-state index contributed by atoms with van der Waals surface area (Å²) in [5.74, 6) is 0.118. The molecule has 1 atom stereocenters. The molecule has 0 fully saturated rings. The second-order valence-corrected chi connectivity index (χ2v) is 5.64. The number of fused-ring (bicyclic) bond motifs is 1. The van der Waals surface area contributed by atoms with E-state index < -0.39 is 0 Å². The Morgan fingerprint density at radius 2 is 2.20 bits per heavy atom. The van der Waals surface area contributed by atoms with E-state index in [0.717, 1.165) is 26.1 Å². The van der Waals surface area contributed by atoms with Gasteiger partial charge in [-0.1, -0.05) is 24.3 Å². The normalized spacial score (nSPS) is 18.4. The standard InChI is InChI=1S/C16H25N3O/c1-12(2)19-16(20)8-10-18-15-7-9-17-11-13-5-3-4-6-14(13)15/h3-6,12,15,17-18H,7-11H2,1-2H3,(H,19,20). The number of carbonyl (C=O) groups excluding carboxylic acids is 1. The molecule has 0 radical (unpaired) electrons. The van der Waals surface area contributed by atoms with Gasteiger partial charge in [0.25, 0.3) is 0 Å². The molecule has 0 saturated heterocycles. The van der Waals surface area contributed by atoms with Crippen molar-refractivity contribution in [3.05, 3.63) is 35.4 Å². The summed E-state index contributed by atoms with van der Waals surface area (Å²) < 4.78 is 0. The first-order valence-corrected chi connectivity index (χ1v) is 7.48. The van der Waals surface area contributed by atoms with E-state index in [4.69, 9.17) is 0 Å². The first-order valence-electron chi connectivity index (χ1n) is 7.48. The van der Waals surface area contributed by atoms with Gasteiger partial charge in [-0.05, 0) is 37.9 Å². The fraction of sp³-hybridized carbons (Fsp3) is 0.562. The van der Waals surface area contributed by atoms with Crippen LogP contribution in [0.1, 0.15) is 43.9 Å². The van der Waals surface area contributed by atoms with Gasteiger partial charge in [0.05, 0.1) is 0 Å². The number of amides is 1. The average molecular weight is 275 g/mol. The Morgan fingerprint density at radius 1 is 1.40 bits per heavy atom. The van der Waals surface area contributed by atoms with Crippen LogP contribution in [-0.2, 0) is 11.3 Å². The van der Waals surface area contributed by atoms with Crippen molar-refractivity contribution in [2.75, 3.05) is 13.1 Å². The van der Waals surface area contributed by atoms with Gasteiger partial charge in [0, 0.05) is 31.6 Å². The topological polar surface area (TPSA) is 53.2 Å². The van der Waals surface area contributed by atoms with Crippen LogP contribution >= 0.6 is 0 Å². The predicted octanol–water partition coefficient (Wildman–Crippen LogP) is 1.73. The van der Waals surface area contributed by atoms with Gasteiger partial charge in [-0.2, -0.15) is 0 Å². The number of hydrogen-bond acceptors (Lipinski definition) is 3. The van der Waals surface area contributed by atoms with Crippen molar-refractivity contribution in [2.45, 2.75) is 45.3 Å². The van der Waals surface area contributed by atoms with Gasteiger partial charge in [-0.25, -0.2) is 0 Å². The summed E-state index contributed by atoms with van der Waals surface area (Å²) in [7, 11) is 0. The third-order valence-electron chi connectivity index (χ3n) is 3.55. The molecule has 1 aromatic carbocycles. The second kappa shape index (κ2) is 7.41. The maximum absolute atomic E-state index is 11.6. The zero-order valence-corrected chi connectivity index (χ0v) is 12.4. The molecule has 1 aliphatic rings. The summed E-state index contributed by atoms with van der Waals surface area (Å²) in [4.78, 5) is 11.6. The smallest absolute Gasteiger partial charge is 0.221 e. The van der Waals surface area contributed by atoms with Gasteiger partial charge in [0.1, 0.15) is 0 Å². The molecule has 0 spiro atoms. The summed E-state index contributed by atoms with van der Waals surface area (Å²) in [6, 6.07) is 9.09. The molecule has 0 bridgehead atoms. The van der Waals surface area contributed by atoms with Gasteiger partial charge in [0.15, 0.2) is 0 Å². The fourth-order valence-corrected chi connectivity index (χ4v) is 2.63. The Kier molecular flexibility index (Phi) is 5.56. The molecule has 1 aliphatic heterocycles. The zero-order valence-electron chi connectivity index (χ0n) is 12.4. The Balaban J connectivity index is 1.88. The van der Waals surface area contributed by atoms with Crippen LogP contribution in [0, 0.1) is 0 Å². The third-order valence-corrected chi connectivity index (χ3v) is 3.55. The highest BCUT2D eigenvalue weighted by Gasteiger charge is 2.17. The van der Waals surface area contributed by atoms with Crippen molar-refractivity contribution in [1.29, 1.82) is 0 Å². The van der Waals surface area contributed by atoms with Gasteiger partial charge >= 0.3 is 0 Å². The van der Waals surface area contributed by atoms with Gasteiger partial charge < -0.3 is 16.0 Å². The molecule has 0 aromatic heterocycles. The van der Waals surface area contributed by atoms with Crippen LogP contribution in [0.25, 0.3) is 0 Å². The lowest BCUT2D eigenvalue weighted by Crippen LogP contribution is -2.33. The van der Waals surface area contributed by atoms with Crippen LogP contribution in [0.2, 0.25) is 0 Å². The zero-order chi connectivity index (χ0) is 14.4. The Morgan fingerprint density at radius 3 is 3.00 bits per heavy atom. The Bertz CT molecular complexity index is 445. The minimum absolute atomic E-state index is 0.118. The monoisotopic (exact) mass is 275 g/mol. The SMILES string of the molecule is CC(C)NC(=O)CCNC1CCNCc2ccccc21. The number of benzene rings is 1. The highest BCUT2D eigenvalue weighted by atomic mass is 16.1. The minimum Gasteiger partial charge on any atom is -0.354 e. The molecule has 1 unspecified atom stereocenters. The highest BCUT2D eigenvalue weighted by molar-refractivity contribution is 5.76.